The lowest BCUT2D eigenvalue weighted by Gasteiger charge is -2.70. The fourth-order valence-corrected chi connectivity index (χ4v) is 13.2. The Bertz CT molecular complexity index is 1390. The normalized spacial score (nSPS) is 51.8. The summed E-state index contributed by atoms with van der Waals surface area (Å²) in [5, 5.41) is 107. The Morgan fingerprint density at radius 3 is 1.98 bits per heavy atom. The van der Waals surface area contributed by atoms with Crippen LogP contribution in [0.25, 0.3) is 0 Å². The van der Waals surface area contributed by atoms with E-state index < -0.39 is 86.3 Å². The summed E-state index contributed by atoms with van der Waals surface area (Å²) in [6, 6.07) is 0. The van der Waals surface area contributed by atoms with Crippen LogP contribution in [0.15, 0.2) is 11.6 Å². The highest BCUT2D eigenvalue weighted by Crippen LogP contribution is 2.76. The minimum Gasteiger partial charge on any atom is -0.394 e. The Hall–Kier alpha value is -0.820. The highest BCUT2D eigenvalue weighted by molar-refractivity contribution is 5.20. The first-order chi connectivity index (χ1) is 26.1. The van der Waals surface area contributed by atoms with Crippen molar-refractivity contribution in [3.63, 3.8) is 0 Å². The zero-order chi connectivity index (χ0) is 41.3. The Morgan fingerprint density at radius 1 is 0.732 bits per heavy atom. The van der Waals surface area contributed by atoms with Crippen molar-refractivity contribution in [1.82, 2.24) is 0 Å². The van der Waals surface area contributed by atoms with E-state index in [0.717, 1.165) is 44.1 Å². The van der Waals surface area contributed by atoms with E-state index in [-0.39, 0.29) is 52.1 Å². The van der Waals surface area contributed by atoms with Crippen molar-refractivity contribution in [2.24, 2.45) is 45.3 Å². The molecular weight excluding hydrogens is 728 g/mol. The molecule has 56 heavy (non-hydrogen) atoms. The molecule has 0 amide bonds. The number of hydrogen-bond acceptors (Lipinski definition) is 14. The van der Waals surface area contributed by atoms with Crippen LogP contribution in [0.5, 0.6) is 0 Å². The maximum atomic E-state index is 12.4. The van der Waals surface area contributed by atoms with Gasteiger partial charge in [0.2, 0.25) is 0 Å². The molecule has 14 nitrogen and oxygen atoms in total. The lowest BCUT2D eigenvalue weighted by Crippen LogP contribution is -2.67. The number of rotatable bonds is 11. The first-order valence-electron chi connectivity index (χ1n) is 21.0. The number of aliphatic hydroxyl groups excluding tert-OH is 10. The number of aliphatic hydroxyl groups is 10. The van der Waals surface area contributed by atoms with Crippen molar-refractivity contribution in [3.05, 3.63) is 11.6 Å². The van der Waals surface area contributed by atoms with E-state index >= 15 is 0 Å². The van der Waals surface area contributed by atoms with Gasteiger partial charge in [-0.3, -0.25) is 0 Å². The molecule has 2 aliphatic heterocycles. The van der Waals surface area contributed by atoms with Gasteiger partial charge in [0.05, 0.1) is 37.6 Å². The van der Waals surface area contributed by atoms with E-state index in [1.807, 2.05) is 19.9 Å². The molecule has 2 heterocycles. The monoisotopic (exact) mass is 800 g/mol. The quantitative estimate of drug-likeness (QED) is 0.132. The largest absolute Gasteiger partial charge is 0.394 e. The van der Waals surface area contributed by atoms with Crippen molar-refractivity contribution >= 4 is 0 Å². The smallest absolute Gasteiger partial charge is 0.187 e. The summed E-state index contributed by atoms with van der Waals surface area (Å²) in [5.41, 5.74) is -0.860. The molecule has 10 N–H and O–H groups in total. The van der Waals surface area contributed by atoms with Crippen molar-refractivity contribution in [3.8, 4) is 0 Å². The fourth-order valence-electron chi connectivity index (χ4n) is 13.2. The predicted octanol–water partition coefficient (Wildman–Crippen LogP) is 1.12. The Labute approximate surface area is 331 Å². The molecule has 0 bridgehead atoms. The zero-order valence-electron chi connectivity index (χ0n) is 34.4. The van der Waals surface area contributed by atoms with Gasteiger partial charge in [-0.2, -0.15) is 0 Å². The Balaban J connectivity index is 1.26. The van der Waals surface area contributed by atoms with Crippen molar-refractivity contribution in [2.75, 3.05) is 19.8 Å². The SMILES string of the molecule is C/C(=C/CC[C@](C)(O[C@H]1O[C@H](CO[C@@H]2O[C@@H](CO)[C@@H](O)[C@H](O)[C@@H]2O)[C@H](O)[C@H](O)[C@H]1O)[C@@H]1CC[C@@]2(C)[C@@H]1[C@H](O)C[C@@H]1[C@]3(C)CC[C@@H](O)C(C)(C)[C@@H]3CC[C@]12C)CO. The van der Waals surface area contributed by atoms with E-state index in [1.54, 1.807) is 0 Å². The van der Waals surface area contributed by atoms with Crippen molar-refractivity contribution < 1.29 is 70.0 Å². The molecule has 20 atom stereocenters. The van der Waals surface area contributed by atoms with Gasteiger partial charge >= 0.3 is 0 Å². The molecule has 6 aliphatic rings. The summed E-state index contributed by atoms with van der Waals surface area (Å²) in [6.07, 6.45) is -7.60. The van der Waals surface area contributed by atoms with E-state index in [0.29, 0.717) is 25.2 Å². The molecular formula is C42H72O14. The maximum Gasteiger partial charge on any atom is 0.187 e. The van der Waals surface area contributed by atoms with E-state index in [1.165, 1.54) is 0 Å². The molecule has 4 aliphatic carbocycles. The van der Waals surface area contributed by atoms with Crippen LogP contribution in [0, 0.1) is 45.3 Å². The van der Waals surface area contributed by atoms with Crippen LogP contribution in [0.3, 0.4) is 0 Å². The maximum absolute atomic E-state index is 12.4. The molecule has 6 rings (SSSR count). The number of hydrogen-bond donors (Lipinski definition) is 10. The van der Waals surface area contributed by atoms with E-state index in [4.69, 9.17) is 18.9 Å². The Morgan fingerprint density at radius 2 is 1.34 bits per heavy atom. The first-order valence-corrected chi connectivity index (χ1v) is 21.0. The van der Waals surface area contributed by atoms with Gasteiger partial charge in [0.25, 0.3) is 0 Å². The average molecular weight is 801 g/mol. The van der Waals surface area contributed by atoms with Crippen molar-refractivity contribution in [1.29, 1.82) is 0 Å². The molecule has 0 aromatic carbocycles. The van der Waals surface area contributed by atoms with Crippen LogP contribution in [0.2, 0.25) is 0 Å². The van der Waals surface area contributed by atoms with Gasteiger partial charge in [-0.25, -0.2) is 0 Å². The second kappa shape index (κ2) is 16.2. The van der Waals surface area contributed by atoms with E-state index in [2.05, 4.69) is 34.6 Å². The number of ether oxygens (including phenoxy) is 4. The molecule has 14 heteroatoms. The van der Waals surface area contributed by atoms with Gasteiger partial charge in [0, 0.05) is 0 Å². The molecule has 0 spiro atoms. The highest BCUT2D eigenvalue weighted by Gasteiger charge is 2.71. The fraction of sp³-hybridized carbons (Fsp3) is 0.952. The lowest BCUT2D eigenvalue weighted by atomic mass is 9.35. The highest BCUT2D eigenvalue weighted by atomic mass is 16.7. The second-order valence-electron chi connectivity index (χ2n) is 20.1. The number of allylic oxidation sites excluding steroid dienone is 1. The van der Waals surface area contributed by atoms with Gasteiger partial charge in [0.15, 0.2) is 12.6 Å². The molecule has 0 unspecified atom stereocenters. The lowest BCUT2D eigenvalue weighted by molar-refractivity contribution is -0.349. The van der Waals surface area contributed by atoms with Crippen LogP contribution in [0.1, 0.15) is 106 Å². The van der Waals surface area contributed by atoms with Gasteiger partial charge < -0.3 is 70.0 Å². The molecule has 324 valence electrons. The summed E-state index contributed by atoms with van der Waals surface area (Å²) in [5.74, 6) is 0.228. The molecule has 4 saturated carbocycles. The third-order valence-electron chi connectivity index (χ3n) is 16.9. The predicted molar refractivity (Wildman–Crippen MR) is 202 cm³/mol. The van der Waals surface area contributed by atoms with Crippen LogP contribution >= 0.6 is 0 Å². The average Bonchev–Trinajstić information content (AvgIpc) is 3.54. The zero-order valence-corrected chi connectivity index (χ0v) is 34.4. The van der Waals surface area contributed by atoms with Crippen LogP contribution in [0.4, 0.5) is 0 Å². The van der Waals surface area contributed by atoms with E-state index in [9.17, 15) is 51.1 Å². The third-order valence-corrected chi connectivity index (χ3v) is 16.9. The number of fused-ring (bicyclic) bond motifs is 5. The molecule has 6 fully saturated rings. The minimum absolute atomic E-state index is 0.0427. The standard InChI is InChI=1S/C42H72O14/c1-21(18-43)9-8-13-42(7,56-37-35(52)33(50)31(48)25(55-37)20-53-36-34(51)32(49)30(47)24(19-44)54-36)22-10-15-41(6)29(22)23(45)17-27-39(4)14-12-28(46)38(2,3)26(39)11-16-40(27,41)5/h9,22-37,43-52H,8,10-20H2,1-7H3/b21-9-/t22-,23-,24+,25-,26+,27-,28-,29+,30-,31+,32+,33+,34+,35-,36-,37-,39-,40-,41+,42+/m1/s1. The van der Waals surface area contributed by atoms with Crippen molar-refractivity contribution in [2.45, 2.75) is 185 Å². The summed E-state index contributed by atoms with van der Waals surface area (Å²) in [7, 11) is 0. The topological polar surface area (TPSA) is 239 Å². The molecule has 0 aromatic heterocycles. The summed E-state index contributed by atoms with van der Waals surface area (Å²) < 4.78 is 24.1. The summed E-state index contributed by atoms with van der Waals surface area (Å²) >= 11 is 0. The van der Waals surface area contributed by atoms with Crippen LogP contribution in [-0.2, 0) is 18.9 Å². The molecule has 2 saturated heterocycles. The van der Waals surface area contributed by atoms with Gasteiger partial charge in [-0.15, -0.1) is 0 Å². The van der Waals surface area contributed by atoms with Crippen LogP contribution in [-0.4, -0.2) is 150 Å². The first kappa shape index (κ1) is 44.7. The van der Waals surface area contributed by atoms with Gasteiger partial charge in [0.1, 0.15) is 48.8 Å². The summed E-state index contributed by atoms with van der Waals surface area (Å²) in [4.78, 5) is 0. The molecule has 0 aromatic rings. The molecule has 0 radical (unpaired) electrons. The van der Waals surface area contributed by atoms with Crippen LogP contribution < -0.4 is 0 Å². The van der Waals surface area contributed by atoms with Gasteiger partial charge in [-0.1, -0.05) is 46.3 Å². The second-order valence-corrected chi connectivity index (χ2v) is 20.1. The van der Waals surface area contributed by atoms with Gasteiger partial charge in [-0.05, 0) is 117 Å². The Kier molecular flexibility index (Phi) is 13.0. The third kappa shape index (κ3) is 7.26. The summed E-state index contributed by atoms with van der Waals surface area (Å²) in [6.45, 7) is 14.2. The minimum atomic E-state index is -1.71.